The van der Waals surface area contributed by atoms with Crippen molar-refractivity contribution in [1.29, 1.82) is 0 Å². The van der Waals surface area contributed by atoms with Gasteiger partial charge in [-0.15, -0.1) is 0 Å². The summed E-state index contributed by atoms with van der Waals surface area (Å²) in [6, 6.07) is 6.30. The third-order valence-electron chi connectivity index (χ3n) is 4.20. The molecule has 0 radical (unpaired) electrons. The number of sulfone groups is 1. The number of ether oxygens (including phenoxy) is 1. The van der Waals surface area contributed by atoms with Gasteiger partial charge < -0.3 is 10.1 Å². The van der Waals surface area contributed by atoms with E-state index in [4.69, 9.17) is 4.74 Å². The Bertz CT molecular complexity index is 583. The molecule has 118 valence electrons. The maximum atomic E-state index is 11.6. The lowest BCUT2D eigenvalue weighted by molar-refractivity contribution is 0.409. The molecule has 0 aromatic heterocycles. The minimum absolute atomic E-state index is 0.208. The molecule has 0 saturated carbocycles. The molecule has 4 nitrogen and oxygen atoms in total. The van der Waals surface area contributed by atoms with Crippen molar-refractivity contribution in [2.75, 3.05) is 25.2 Å². The number of rotatable bonds is 6. The third-order valence-corrected chi connectivity index (χ3v) is 6.04. The fourth-order valence-electron chi connectivity index (χ4n) is 3.12. The van der Waals surface area contributed by atoms with Gasteiger partial charge in [-0.2, -0.15) is 0 Å². The van der Waals surface area contributed by atoms with Crippen LogP contribution in [0.4, 0.5) is 0 Å². The van der Waals surface area contributed by atoms with E-state index in [2.05, 4.69) is 25.2 Å². The van der Waals surface area contributed by atoms with Gasteiger partial charge in [-0.3, -0.25) is 0 Å². The highest BCUT2D eigenvalue weighted by atomic mass is 32.2. The summed E-state index contributed by atoms with van der Waals surface area (Å²) in [5.41, 5.74) is 2.42. The van der Waals surface area contributed by atoms with E-state index in [0.717, 1.165) is 25.1 Å². The second kappa shape index (κ2) is 6.79. The topological polar surface area (TPSA) is 55.4 Å². The standard InChI is InChI=1S/C16H25NO3S/c1-4-17-16(10-13-7-8-21(18,19)11-13)15-6-5-14(20-3)9-12(15)2/h5-6,9,13,16-17H,4,7-8,10-11H2,1-3H3. The summed E-state index contributed by atoms with van der Waals surface area (Å²) in [6.07, 6.45) is 1.67. The highest BCUT2D eigenvalue weighted by molar-refractivity contribution is 7.91. The first-order chi connectivity index (χ1) is 9.95. The maximum Gasteiger partial charge on any atom is 0.150 e. The van der Waals surface area contributed by atoms with Gasteiger partial charge in [-0.25, -0.2) is 8.42 Å². The summed E-state index contributed by atoms with van der Waals surface area (Å²) in [5, 5.41) is 3.50. The van der Waals surface area contributed by atoms with Crippen LogP contribution in [-0.4, -0.2) is 33.6 Å². The van der Waals surface area contributed by atoms with E-state index in [1.54, 1.807) is 7.11 Å². The predicted molar refractivity (Wildman–Crippen MR) is 85.5 cm³/mol. The van der Waals surface area contributed by atoms with Crippen LogP contribution in [0.25, 0.3) is 0 Å². The zero-order valence-electron chi connectivity index (χ0n) is 13.1. The van der Waals surface area contributed by atoms with Crippen molar-refractivity contribution in [3.8, 4) is 5.75 Å². The lowest BCUT2D eigenvalue weighted by Crippen LogP contribution is -2.24. The molecule has 2 rings (SSSR count). The Balaban J connectivity index is 2.15. The molecule has 21 heavy (non-hydrogen) atoms. The Morgan fingerprint density at radius 2 is 2.19 bits per heavy atom. The van der Waals surface area contributed by atoms with E-state index in [-0.39, 0.29) is 12.0 Å². The molecule has 1 heterocycles. The molecule has 2 unspecified atom stereocenters. The summed E-state index contributed by atoms with van der Waals surface area (Å²) in [7, 11) is -1.14. The van der Waals surface area contributed by atoms with Gasteiger partial charge in [-0.1, -0.05) is 13.0 Å². The summed E-state index contributed by atoms with van der Waals surface area (Å²) in [4.78, 5) is 0. The molecular weight excluding hydrogens is 286 g/mol. The fourth-order valence-corrected chi connectivity index (χ4v) is 5.00. The number of methoxy groups -OCH3 is 1. The largest absolute Gasteiger partial charge is 0.497 e. The predicted octanol–water partition coefficient (Wildman–Crippen LogP) is 2.48. The zero-order valence-corrected chi connectivity index (χ0v) is 13.9. The number of hydrogen-bond donors (Lipinski definition) is 1. The molecule has 1 N–H and O–H groups in total. The van der Waals surface area contributed by atoms with Crippen molar-refractivity contribution in [3.05, 3.63) is 29.3 Å². The summed E-state index contributed by atoms with van der Waals surface area (Å²) >= 11 is 0. The average Bonchev–Trinajstić information content (AvgIpc) is 2.77. The van der Waals surface area contributed by atoms with Crippen molar-refractivity contribution in [2.24, 2.45) is 5.92 Å². The van der Waals surface area contributed by atoms with Crippen LogP contribution in [-0.2, 0) is 9.84 Å². The average molecular weight is 311 g/mol. The molecule has 1 aromatic rings. The van der Waals surface area contributed by atoms with Gasteiger partial charge >= 0.3 is 0 Å². The highest BCUT2D eigenvalue weighted by Gasteiger charge is 2.30. The SMILES string of the molecule is CCNC(CC1CCS(=O)(=O)C1)c1ccc(OC)cc1C. The van der Waals surface area contributed by atoms with Crippen LogP contribution in [0.15, 0.2) is 18.2 Å². The van der Waals surface area contributed by atoms with Gasteiger partial charge in [0, 0.05) is 6.04 Å². The first-order valence-electron chi connectivity index (χ1n) is 7.53. The van der Waals surface area contributed by atoms with Crippen molar-refractivity contribution in [1.82, 2.24) is 5.32 Å². The van der Waals surface area contributed by atoms with Crippen LogP contribution in [0.1, 0.15) is 36.9 Å². The van der Waals surface area contributed by atoms with E-state index in [9.17, 15) is 8.42 Å². The molecule has 1 aromatic carbocycles. The van der Waals surface area contributed by atoms with E-state index in [1.807, 2.05) is 12.1 Å². The maximum absolute atomic E-state index is 11.6. The Morgan fingerprint density at radius 3 is 2.71 bits per heavy atom. The minimum Gasteiger partial charge on any atom is -0.497 e. The van der Waals surface area contributed by atoms with Gasteiger partial charge in [0.1, 0.15) is 5.75 Å². The number of nitrogens with one attached hydrogen (secondary N) is 1. The highest BCUT2D eigenvalue weighted by Crippen LogP contribution is 2.31. The second-order valence-electron chi connectivity index (χ2n) is 5.84. The van der Waals surface area contributed by atoms with Crippen molar-refractivity contribution < 1.29 is 13.2 Å². The van der Waals surface area contributed by atoms with Gasteiger partial charge in [-0.05, 0) is 55.5 Å². The Morgan fingerprint density at radius 1 is 1.43 bits per heavy atom. The molecule has 0 spiro atoms. The van der Waals surface area contributed by atoms with Crippen LogP contribution in [0.5, 0.6) is 5.75 Å². The lowest BCUT2D eigenvalue weighted by atomic mass is 9.91. The molecule has 1 aliphatic heterocycles. The normalized spacial score (nSPS) is 22.1. The molecule has 2 atom stereocenters. The summed E-state index contributed by atoms with van der Waals surface area (Å²) in [6.45, 7) is 5.03. The fraction of sp³-hybridized carbons (Fsp3) is 0.625. The van der Waals surface area contributed by atoms with E-state index < -0.39 is 9.84 Å². The van der Waals surface area contributed by atoms with Crippen molar-refractivity contribution in [3.63, 3.8) is 0 Å². The molecule has 0 aliphatic carbocycles. The van der Waals surface area contributed by atoms with Crippen molar-refractivity contribution >= 4 is 9.84 Å². The molecule has 1 aliphatic rings. The van der Waals surface area contributed by atoms with Crippen LogP contribution in [0.3, 0.4) is 0 Å². The number of aryl methyl sites for hydroxylation is 1. The molecule has 1 saturated heterocycles. The number of hydrogen-bond acceptors (Lipinski definition) is 4. The van der Waals surface area contributed by atoms with Crippen LogP contribution in [0, 0.1) is 12.8 Å². The smallest absolute Gasteiger partial charge is 0.150 e. The van der Waals surface area contributed by atoms with Gasteiger partial charge in [0.15, 0.2) is 9.84 Å². The Kier molecular flexibility index (Phi) is 5.27. The monoisotopic (exact) mass is 311 g/mol. The zero-order chi connectivity index (χ0) is 15.5. The third kappa shape index (κ3) is 4.20. The quantitative estimate of drug-likeness (QED) is 0.877. The van der Waals surface area contributed by atoms with Crippen LogP contribution >= 0.6 is 0 Å². The molecule has 0 amide bonds. The Labute approximate surface area is 127 Å². The summed E-state index contributed by atoms with van der Waals surface area (Å²) in [5.74, 6) is 1.80. The molecule has 0 bridgehead atoms. The van der Waals surface area contributed by atoms with Crippen LogP contribution < -0.4 is 10.1 Å². The van der Waals surface area contributed by atoms with Gasteiger partial charge in [0.05, 0.1) is 18.6 Å². The summed E-state index contributed by atoms with van der Waals surface area (Å²) < 4.78 is 28.5. The Hall–Kier alpha value is -1.07. The van der Waals surface area contributed by atoms with Crippen LogP contribution in [0.2, 0.25) is 0 Å². The number of benzene rings is 1. The molecule has 1 fully saturated rings. The molecular formula is C16H25NO3S. The molecule has 5 heteroatoms. The second-order valence-corrected chi connectivity index (χ2v) is 8.07. The lowest BCUT2D eigenvalue weighted by Gasteiger charge is -2.23. The first kappa shape index (κ1) is 16.3. The van der Waals surface area contributed by atoms with Crippen molar-refractivity contribution in [2.45, 2.75) is 32.7 Å². The van der Waals surface area contributed by atoms with E-state index >= 15 is 0 Å². The first-order valence-corrected chi connectivity index (χ1v) is 9.35. The van der Waals surface area contributed by atoms with E-state index in [1.165, 1.54) is 11.1 Å². The van der Waals surface area contributed by atoms with Gasteiger partial charge in [0.25, 0.3) is 0 Å². The minimum atomic E-state index is -2.81. The van der Waals surface area contributed by atoms with E-state index in [0.29, 0.717) is 11.5 Å². The van der Waals surface area contributed by atoms with Gasteiger partial charge in [0.2, 0.25) is 0 Å².